The quantitative estimate of drug-likeness (QED) is 0.755. The highest BCUT2D eigenvalue weighted by molar-refractivity contribution is 5.78. The molecule has 0 bridgehead atoms. The van der Waals surface area contributed by atoms with Crippen LogP contribution >= 0.6 is 0 Å². The molecular weight excluding hydrogens is 286 g/mol. The molecule has 0 saturated carbocycles. The minimum absolute atomic E-state index is 0.0685. The Morgan fingerprint density at radius 3 is 2.27 bits per heavy atom. The van der Waals surface area contributed by atoms with Crippen LogP contribution in [0.15, 0.2) is 24.3 Å². The maximum Gasteiger partial charge on any atom is 0.305 e. The number of ether oxygens (including phenoxy) is 2. The second-order valence-corrected chi connectivity index (χ2v) is 5.34. The molecule has 1 rings (SSSR count). The highest BCUT2D eigenvalue weighted by Crippen LogP contribution is 2.17. The predicted octanol–water partition coefficient (Wildman–Crippen LogP) is 2.03. The summed E-state index contributed by atoms with van der Waals surface area (Å²) in [6.45, 7) is 4.55. The molecule has 0 atom stereocenters. The molecule has 0 aliphatic rings. The molecule has 122 valence electrons. The first kappa shape index (κ1) is 17.8. The fourth-order valence-electron chi connectivity index (χ4n) is 1.90. The SMILES string of the molecule is COc1ccc(OCC(=O)N(CCC(=O)O)CC(C)C)cc1. The molecular formula is C16H23NO5. The summed E-state index contributed by atoms with van der Waals surface area (Å²) in [5.74, 6) is 0.403. The molecule has 0 saturated heterocycles. The average molecular weight is 309 g/mol. The summed E-state index contributed by atoms with van der Waals surface area (Å²) >= 11 is 0. The molecule has 1 N–H and O–H groups in total. The number of hydrogen-bond acceptors (Lipinski definition) is 4. The molecule has 0 unspecified atom stereocenters. The normalized spacial score (nSPS) is 10.4. The number of amides is 1. The van der Waals surface area contributed by atoms with Crippen LogP contribution in [0.4, 0.5) is 0 Å². The topological polar surface area (TPSA) is 76.1 Å². The zero-order chi connectivity index (χ0) is 16.5. The number of nitrogens with zero attached hydrogens (tertiary/aromatic N) is 1. The van der Waals surface area contributed by atoms with Crippen molar-refractivity contribution in [3.63, 3.8) is 0 Å². The van der Waals surface area contributed by atoms with Crippen molar-refractivity contribution < 1.29 is 24.2 Å². The summed E-state index contributed by atoms with van der Waals surface area (Å²) in [4.78, 5) is 24.4. The van der Waals surface area contributed by atoms with E-state index in [0.29, 0.717) is 18.0 Å². The van der Waals surface area contributed by atoms with Gasteiger partial charge in [0, 0.05) is 13.1 Å². The zero-order valence-corrected chi connectivity index (χ0v) is 13.2. The maximum atomic E-state index is 12.2. The van der Waals surface area contributed by atoms with Gasteiger partial charge in [0.15, 0.2) is 6.61 Å². The molecule has 0 aliphatic carbocycles. The minimum Gasteiger partial charge on any atom is -0.497 e. The number of carboxylic acids is 1. The first-order valence-electron chi connectivity index (χ1n) is 7.18. The van der Waals surface area contributed by atoms with Crippen LogP contribution in [0.1, 0.15) is 20.3 Å². The molecule has 6 heteroatoms. The number of hydrogen-bond donors (Lipinski definition) is 1. The van der Waals surface area contributed by atoms with Gasteiger partial charge in [0.2, 0.25) is 0 Å². The number of carbonyl (C=O) groups is 2. The number of rotatable bonds is 9. The number of aliphatic carboxylic acids is 1. The van der Waals surface area contributed by atoms with Crippen molar-refractivity contribution in [3.8, 4) is 11.5 Å². The smallest absolute Gasteiger partial charge is 0.305 e. The van der Waals surface area contributed by atoms with Gasteiger partial charge in [0.25, 0.3) is 5.91 Å². The molecule has 1 amide bonds. The summed E-state index contributed by atoms with van der Waals surface area (Å²) in [6, 6.07) is 6.93. The van der Waals surface area contributed by atoms with E-state index in [1.165, 1.54) is 4.90 Å². The standard InChI is InChI=1S/C16H23NO5/c1-12(2)10-17(9-8-16(19)20)15(18)11-22-14-6-4-13(21-3)5-7-14/h4-7,12H,8-11H2,1-3H3,(H,19,20). The van der Waals surface area contributed by atoms with Crippen LogP contribution in [-0.4, -0.2) is 48.7 Å². The van der Waals surface area contributed by atoms with E-state index < -0.39 is 5.97 Å². The van der Waals surface area contributed by atoms with Gasteiger partial charge in [-0.15, -0.1) is 0 Å². The molecule has 0 fully saturated rings. The zero-order valence-electron chi connectivity index (χ0n) is 13.2. The number of carbonyl (C=O) groups excluding carboxylic acids is 1. The Balaban J connectivity index is 2.55. The summed E-state index contributed by atoms with van der Waals surface area (Å²) in [7, 11) is 1.58. The fraction of sp³-hybridized carbons (Fsp3) is 0.500. The Labute approximate surface area is 130 Å². The van der Waals surface area contributed by atoms with Gasteiger partial charge >= 0.3 is 5.97 Å². The van der Waals surface area contributed by atoms with Crippen molar-refractivity contribution >= 4 is 11.9 Å². The van der Waals surface area contributed by atoms with Gasteiger partial charge in [-0.1, -0.05) is 13.8 Å². The van der Waals surface area contributed by atoms with E-state index in [1.807, 2.05) is 13.8 Å². The van der Waals surface area contributed by atoms with Gasteiger partial charge in [-0.25, -0.2) is 0 Å². The second kappa shape index (κ2) is 8.92. The van der Waals surface area contributed by atoms with Crippen LogP contribution in [0.25, 0.3) is 0 Å². The molecule has 0 heterocycles. The molecule has 6 nitrogen and oxygen atoms in total. The van der Waals surface area contributed by atoms with Gasteiger partial charge in [0.05, 0.1) is 13.5 Å². The number of methoxy groups -OCH3 is 1. The Bertz CT molecular complexity index is 484. The third kappa shape index (κ3) is 6.47. The Morgan fingerprint density at radius 2 is 1.77 bits per heavy atom. The van der Waals surface area contributed by atoms with Crippen LogP contribution in [0.5, 0.6) is 11.5 Å². The third-order valence-corrected chi connectivity index (χ3v) is 2.96. The van der Waals surface area contributed by atoms with E-state index in [4.69, 9.17) is 14.6 Å². The van der Waals surface area contributed by atoms with Crippen molar-refractivity contribution in [3.05, 3.63) is 24.3 Å². The lowest BCUT2D eigenvalue weighted by Gasteiger charge is -2.24. The van der Waals surface area contributed by atoms with Crippen LogP contribution in [0.2, 0.25) is 0 Å². The fourth-order valence-corrected chi connectivity index (χ4v) is 1.90. The van der Waals surface area contributed by atoms with E-state index >= 15 is 0 Å². The Kier molecular flexibility index (Phi) is 7.22. The monoisotopic (exact) mass is 309 g/mol. The molecule has 22 heavy (non-hydrogen) atoms. The van der Waals surface area contributed by atoms with Crippen LogP contribution < -0.4 is 9.47 Å². The van der Waals surface area contributed by atoms with Gasteiger partial charge in [-0.2, -0.15) is 0 Å². The van der Waals surface area contributed by atoms with E-state index in [2.05, 4.69) is 0 Å². The third-order valence-electron chi connectivity index (χ3n) is 2.96. The van der Waals surface area contributed by atoms with E-state index in [-0.39, 0.29) is 31.4 Å². The van der Waals surface area contributed by atoms with Crippen molar-refractivity contribution in [2.45, 2.75) is 20.3 Å². The van der Waals surface area contributed by atoms with Gasteiger partial charge in [-0.05, 0) is 30.2 Å². The summed E-state index contributed by atoms with van der Waals surface area (Å²) in [5, 5.41) is 8.75. The maximum absolute atomic E-state index is 12.2. The first-order chi connectivity index (χ1) is 10.4. The van der Waals surface area contributed by atoms with E-state index in [0.717, 1.165) is 0 Å². The highest BCUT2D eigenvalue weighted by Gasteiger charge is 2.16. The van der Waals surface area contributed by atoms with Gasteiger partial charge in [-0.3, -0.25) is 9.59 Å². The second-order valence-electron chi connectivity index (χ2n) is 5.34. The van der Waals surface area contributed by atoms with Crippen LogP contribution in [0.3, 0.4) is 0 Å². The van der Waals surface area contributed by atoms with Crippen molar-refractivity contribution in [1.82, 2.24) is 4.90 Å². The summed E-state index contributed by atoms with van der Waals surface area (Å²) in [5.41, 5.74) is 0. The largest absolute Gasteiger partial charge is 0.497 e. The average Bonchev–Trinajstić information content (AvgIpc) is 2.49. The molecule has 0 aromatic heterocycles. The number of benzene rings is 1. The Morgan fingerprint density at radius 1 is 1.18 bits per heavy atom. The van der Waals surface area contributed by atoms with E-state index in [9.17, 15) is 9.59 Å². The van der Waals surface area contributed by atoms with Gasteiger partial charge < -0.3 is 19.5 Å². The Hall–Kier alpha value is -2.24. The van der Waals surface area contributed by atoms with Crippen molar-refractivity contribution in [1.29, 1.82) is 0 Å². The minimum atomic E-state index is -0.919. The summed E-state index contributed by atoms with van der Waals surface area (Å²) < 4.78 is 10.5. The molecule has 0 aliphatic heterocycles. The predicted molar refractivity (Wildman–Crippen MR) is 82.2 cm³/mol. The highest BCUT2D eigenvalue weighted by atomic mass is 16.5. The molecule has 0 spiro atoms. The lowest BCUT2D eigenvalue weighted by molar-refractivity contribution is -0.139. The van der Waals surface area contributed by atoms with Gasteiger partial charge in [0.1, 0.15) is 11.5 Å². The molecule has 1 aromatic rings. The first-order valence-corrected chi connectivity index (χ1v) is 7.18. The number of carboxylic acid groups (broad SMARTS) is 1. The molecule has 1 aromatic carbocycles. The summed E-state index contributed by atoms with van der Waals surface area (Å²) in [6.07, 6.45) is -0.0685. The van der Waals surface area contributed by atoms with Crippen LogP contribution in [0, 0.1) is 5.92 Å². The lowest BCUT2D eigenvalue weighted by atomic mass is 10.2. The lowest BCUT2D eigenvalue weighted by Crippen LogP contribution is -2.38. The van der Waals surface area contributed by atoms with E-state index in [1.54, 1.807) is 31.4 Å². The molecule has 0 radical (unpaired) electrons. The van der Waals surface area contributed by atoms with Crippen LogP contribution in [-0.2, 0) is 9.59 Å². The van der Waals surface area contributed by atoms with Crippen molar-refractivity contribution in [2.24, 2.45) is 5.92 Å². The van der Waals surface area contributed by atoms with Crippen molar-refractivity contribution in [2.75, 3.05) is 26.8 Å².